The first-order chi connectivity index (χ1) is 73.6. The van der Waals surface area contributed by atoms with Gasteiger partial charge in [-0.2, -0.15) is 0 Å². The second kappa shape index (κ2) is 35.6. The third-order valence-corrected chi connectivity index (χ3v) is 37.9. The van der Waals surface area contributed by atoms with E-state index < -0.39 is 71.2 Å². The molecule has 0 spiro atoms. The molecule has 1 unspecified atom stereocenters. The topological polar surface area (TPSA) is 11.4 Å². The van der Waals surface area contributed by atoms with Crippen LogP contribution in [0.2, 0.25) is 0 Å². The molecule has 0 saturated heterocycles. The predicted octanol–water partition coefficient (Wildman–Crippen LogP) is 27.6. The fourth-order valence-corrected chi connectivity index (χ4v) is 31.3. The van der Waals surface area contributed by atoms with Crippen molar-refractivity contribution < 1.29 is 16.4 Å². The minimum Gasteiger partial charge on any atom is -0.311 e. The van der Waals surface area contributed by atoms with Gasteiger partial charge in [-0.1, -0.05) is 496 Å². The van der Waals surface area contributed by atoms with Crippen LogP contribution in [0.15, 0.2) is 521 Å². The number of aromatic nitrogens is 1. The highest BCUT2D eigenvalue weighted by Gasteiger charge is 2.49. The van der Waals surface area contributed by atoms with E-state index in [0.29, 0.717) is 27.8 Å². The minimum absolute atomic E-state index is 0.0135. The number of hydrogen-bond donors (Lipinski definition) is 0. The summed E-state index contributed by atoms with van der Waals surface area (Å²) >= 11 is 0. The molecular formula is C134H104BN3Si2. The number of rotatable bonds is 19. The lowest BCUT2D eigenvalue weighted by Gasteiger charge is -2.45. The zero-order valence-electron chi connectivity index (χ0n) is 90.6. The quantitative estimate of drug-likeness (QED) is 0.0590. The number of para-hydroxylation sites is 2. The molecule has 2 aliphatic rings. The Balaban J connectivity index is 0.886. The van der Waals surface area contributed by atoms with Crippen molar-refractivity contribution in [1.29, 1.82) is 0 Å². The van der Waals surface area contributed by atoms with Crippen molar-refractivity contribution in [2.75, 3.05) is 9.80 Å². The molecule has 6 heteroatoms. The number of fused-ring (bicyclic) bond motifs is 7. The number of nitrogens with zero attached hydrogens (tertiary/aromatic N) is 3. The van der Waals surface area contributed by atoms with E-state index in [-0.39, 0.29) is 62.4 Å². The maximum Gasteiger partial charge on any atom is 0.252 e. The molecule has 1 atom stereocenters. The van der Waals surface area contributed by atoms with Crippen molar-refractivity contribution in [2.24, 2.45) is 0 Å². The highest BCUT2D eigenvalue weighted by Crippen LogP contribution is 2.51. The molecule has 1 aromatic heterocycles. The van der Waals surface area contributed by atoms with Gasteiger partial charge in [-0.25, -0.2) is 0 Å². The molecule has 0 saturated carbocycles. The van der Waals surface area contributed by atoms with Crippen LogP contribution in [-0.2, 0) is 10.8 Å². The molecule has 3 heterocycles. The molecule has 24 rings (SSSR count). The first-order valence-corrected chi connectivity index (χ1v) is 52.1. The third-order valence-electron chi connectivity index (χ3n) is 28.6. The molecule has 21 aromatic carbocycles. The first-order valence-electron chi connectivity index (χ1n) is 54.1. The second-order valence-corrected chi connectivity index (χ2v) is 46.5. The van der Waals surface area contributed by atoms with Crippen LogP contribution in [0.5, 0.6) is 0 Å². The number of anilines is 6. The lowest BCUT2D eigenvalue weighted by Crippen LogP contribution is -2.78. The van der Waals surface area contributed by atoms with Gasteiger partial charge in [-0.05, 0) is 236 Å². The fourth-order valence-electron chi connectivity index (χ4n) is 21.8. The van der Waals surface area contributed by atoms with Gasteiger partial charge in [-0.15, -0.1) is 0 Å². The van der Waals surface area contributed by atoms with E-state index in [0.717, 1.165) is 153 Å². The zero-order valence-corrected chi connectivity index (χ0v) is 80.6. The van der Waals surface area contributed by atoms with E-state index in [1.165, 1.54) is 11.1 Å². The Labute approximate surface area is 841 Å². The van der Waals surface area contributed by atoms with E-state index in [1.807, 2.05) is 109 Å². The first kappa shape index (κ1) is 73.8. The summed E-state index contributed by atoms with van der Waals surface area (Å²) in [6.45, 7) is 12.9. The van der Waals surface area contributed by atoms with Crippen molar-refractivity contribution in [2.45, 2.75) is 52.4 Å². The molecule has 0 N–H and O–H groups in total. The van der Waals surface area contributed by atoms with Crippen molar-refractivity contribution in [3.63, 3.8) is 0 Å². The van der Waals surface area contributed by atoms with Crippen molar-refractivity contribution in [1.82, 2.24) is 4.57 Å². The smallest absolute Gasteiger partial charge is 0.252 e. The molecule has 0 radical (unpaired) electrons. The Morgan fingerprint density at radius 3 is 1.01 bits per heavy atom. The van der Waals surface area contributed by atoms with E-state index in [9.17, 15) is 16.4 Å². The van der Waals surface area contributed by atoms with Crippen molar-refractivity contribution >= 4 is 137 Å². The number of hydrogen-bond acceptors (Lipinski definition) is 2. The van der Waals surface area contributed by atoms with Gasteiger partial charge in [0.2, 0.25) is 0 Å². The second-order valence-electron chi connectivity index (χ2n) is 39.0. The molecule has 0 aliphatic carbocycles. The van der Waals surface area contributed by atoms with E-state index >= 15 is 0 Å². The van der Waals surface area contributed by atoms with Crippen LogP contribution in [0, 0.1) is 0 Å². The summed E-state index contributed by atoms with van der Waals surface area (Å²) < 4.78 is 124. The Bertz CT molecular complexity index is 9000. The van der Waals surface area contributed by atoms with Crippen molar-refractivity contribution in [3.05, 3.63) is 533 Å². The summed E-state index contributed by atoms with van der Waals surface area (Å²) in [4.78, 5) is 4.71. The van der Waals surface area contributed by atoms with Gasteiger partial charge in [0.05, 0.1) is 33.2 Å². The highest BCUT2D eigenvalue weighted by atomic mass is 28.3. The van der Waals surface area contributed by atoms with Crippen LogP contribution in [0.3, 0.4) is 0 Å². The van der Waals surface area contributed by atoms with Crippen LogP contribution >= 0.6 is 0 Å². The summed E-state index contributed by atoms with van der Waals surface area (Å²) in [5.41, 5.74) is 23.4. The summed E-state index contributed by atoms with van der Waals surface area (Å²) in [5.74, 6) is 0. The summed E-state index contributed by atoms with van der Waals surface area (Å²) in [5, 5.41) is 6.93. The minimum atomic E-state index is -4.44. The van der Waals surface area contributed by atoms with Crippen LogP contribution in [0.4, 0.5) is 34.1 Å². The lowest BCUT2D eigenvalue weighted by molar-refractivity contribution is 0.569. The Kier molecular flexibility index (Phi) is 18.7. The van der Waals surface area contributed by atoms with Crippen molar-refractivity contribution in [3.8, 4) is 94.7 Å². The highest BCUT2D eigenvalue weighted by molar-refractivity contribution is 7.22. The van der Waals surface area contributed by atoms with Crippen LogP contribution in [-0.4, -0.2) is 27.4 Å². The maximum atomic E-state index is 11.3. The third kappa shape index (κ3) is 15.3. The van der Waals surface area contributed by atoms with Crippen LogP contribution < -0.4 is 67.7 Å². The van der Waals surface area contributed by atoms with Crippen LogP contribution in [0.25, 0.3) is 117 Å². The molecule has 0 fully saturated rings. The molecule has 2 aliphatic heterocycles. The lowest BCUT2D eigenvalue weighted by atomic mass is 9.33. The predicted molar refractivity (Wildman–Crippen MR) is 603 cm³/mol. The molecule has 3 nitrogen and oxygen atoms in total. The van der Waals surface area contributed by atoms with Gasteiger partial charge >= 0.3 is 0 Å². The van der Waals surface area contributed by atoms with Gasteiger partial charge in [0, 0.05) is 44.9 Å². The van der Waals surface area contributed by atoms with Gasteiger partial charge < -0.3 is 14.4 Å². The molecular weight excluding hydrogens is 1720 g/mol. The molecule has 0 amide bonds. The average molecular weight is 1840 g/mol. The normalized spacial score (nSPS) is 14.0. The summed E-state index contributed by atoms with van der Waals surface area (Å²) in [6, 6.07) is 155. The maximum absolute atomic E-state index is 11.3. The molecule has 140 heavy (non-hydrogen) atoms. The van der Waals surface area contributed by atoms with Gasteiger partial charge in [-0.3, -0.25) is 0 Å². The summed E-state index contributed by atoms with van der Waals surface area (Å²) in [6.07, 6.45) is 0. The standard InChI is InChI=1S/C134H104BN3Si2/c1-133(2,3)109-78-107(79-110(89-109)134(4,5)6)103-71-75-125-129(87-103)138(112-81-105(97-49-24-11-25-50-97)77-106(82-112)98-51-26-12-27-52-98)131-91-113(137-126-67-36-34-65-122(126)123-66-35-37-68-127(123)137)90-130-132(131)135(125)124-76-72-104(88-128(124)136(130)111-56-38-53-100(80-111)94-43-18-8-19-44-94)108-85-120(139(114-57-28-13-29-58-114,115-59-30-14-31-60-115)118-63-39-54-101(83-118)95-45-20-9-21-46-95)92-121(86-108)140(116-61-32-15-33-62-116,117-73-69-99(70-74-117)93-41-16-7-17-42-93)119-64-40-55-102(84-119)96-47-22-10-23-48-96/h7-92H,1-6H3/i34D,35D,36D,37D,39D,54D,63D,65D,66D,67D,68D,83D. The van der Waals surface area contributed by atoms with Gasteiger partial charge in [0.25, 0.3) is 6.71 Å². The Hall–Kier alpha value is -16.5. The summed E-state index contributed by atoms with van der Waals surface area (Å²) in [7, 11) is -8.44. The fraction of sp³-hybridized carbons (Fsp3) is 0.0597. The van der Waals surface area contributed by atoms with Crippen LogP contribution in [0.1, 0.15) is 69.1 Å². The van der Waals surface area contributed by atoms with E-state index in [4.69, 9.17) is 0 Å². The molecule has 666 valence electrons. The Morgan fingerprint density at radius 2 is 0.550 bits per heavy atom. The zero-order chi connectivity index (χ0) is 105. The molecule has 0 bridgehead atoms. The van der Waals surface area contributed by atoms with E-state index in [1.54, 1.807) is 4.57 Å². The van der Waals surface area contributed by atoms with Gasteiger partial charge in [0.15, 0.2) is 16.1 Å². The molecule has 22 aromatic rings. The van der Waals surface area contributed by atoms with Gasteiger partial charge in [0.1, 0.15) is 0 Å². The van der Waals surface area contributed by atoms with E-state index in [2.05, 4.69) is 391 Å². The SMILES string of the molecule is [2H]c1c([2H])c(-c2ccccc2)c([2H])c([Si](c2ccccc2)(c2ccccc2)c2cc(-c3ccc4c(c3)N(c3cccc(-c5ccccc5)c3)c3cc(-n5c6c([2H])c([2H])c([2H])c([2H])c6c6c([2H])c([2H])c([2H])c([2H])c65)cc5c3B4c3ccc(-c4cc(C(C)(C)C)cc(C(C)(C)C)c4)cc3N5c3cc(-c4ccccc4)cc(-c4ccccc4)c3)cc([Si](c3ccccc3)(c3ccc(-c4ccccc4)cc3)c3cccc(-c4ccccc4)c3)c2)c1[2H]. The number of benzene rings is 21. The largest absolute Gasteiger partial charge is 0.311 e. The Morgan fingerprint density at radius 1 is 0.214 bits per heavy atom. The monoisotopic (exact) mass is 1830 g/mol. The average Bonchev–Trinajstić information content (AvgIpc) is 1.51.